The molecule has 92 valence electrons. The number of anilines is 1. The molecule has 1 unspecified atom stereocenters. The molecule has 5 nitrogen and oxygen atoms in total. The van der Waals surface area contributed by atoms with Gasteiger partial charge < -0.3 is 16.2 Å². The lowest BCUT2D eigenvalue weighted by atomic mass is 10.1. The summed E-state index contributed by atoms with van der Waals surface area (Å²) in [4.78, 5) is 22.6. The predicted molar refractivity (Wildman–Crippen MR) is 64.9 cm³/mol. The minimum absolute atomic E-state index is 0.0598. The molecule has 0 bridgehead atoms. The van der Waals surface area contributed by atoms with E-state index in [0.717, 1.165) is 6.42 Å². The van der Waals surface area contributed by atoms with E-state index < -0.39 is 12.0 Å². The van der Waals surface area contributed by atoms with Crippen molar-refractivity contribution < 1.29 is 14.7 Å². The van der Waals surface area contributed by atoms with E-state index in [2.05, 4.69) is 5.32 Å². The molecule has 0 aliphatic heterocycles. The van der Waals surface area contributed by atoms with E-state index >= 15 is 0 Å². The topological polar surface area (TPSA) is 92.4 Å². The van der Waals surface area contributed by atoms with E-state index in [-0.39, 0.29) is 17.2 Å². The van der Waals surface area contributed by atoms with Crippen molar-refractivity contribution in [1.82, 2.24) is 0 Å². The fraction of sp³-hybridized carbons (Fsp3) is 0.333. The third-order valence-corrected chi connectivity index (χ3v) is 2.35. The van der Waals surface area contributed by atoms with E-state index in [1.165, 1.54) is 6.07 Å². The first-order valence-electron chi connectivity index (χ1n) is 5.45. The minimum atomic E-state index is -1.08. The van der Waals surface area contributed by atoms with Gasteiger partial charge in [0.15, 0.2) is 0 Å². The van der Waals surface area contributed by atoms with Crippen LogP contribution in [-0.4, -0.2) is 23.0 Å². The summed E-state index contributed by atoms with van der Waals surface area (Å²) in [7, 11) is 0. The molecule has 0 heterocycles. The van der Waals surface area contributed by atoms with Crippen molar-refractivity contribution in [3.05, 3.63) is 29.8 Å². The summed E-state index contributed by atoms with van der Waals surface area (Å²) in [5, 5.41) is 11.5. The highest BCUT2D eigenvalue weighted by Crippen LogP contribution is 2.15. The van der Waals surface area contributed by atoms with Crippen molar-refractivity contribution in [1.29, 1.82) is 0 Å². The van der Waals surface area contributed by atoms with E-state index in [1.807, 2.05) is 6.92 Å². The first-order chi connectivity index (χ1) is 8.06. The molecule has 0 aliphatic rings. The van der Waals surface area contributed by atoms with E-state index in [1.54, 1.807) is 18.2 Å². The van der Waals surface area contributed by atoms with Crippen LogP contribution in [-0.2, 0) is 4.79 Å². The molecule has 0 fully saturated rings. The summed E-state index contributed by atoms with van der Waals surface area (Å²) in [6, 6.07) is 5.63. The largest absolute Gasteiger partial charge is 0.478 e. The first kappa shape index (κ1) is 13.2. The molecule has 1 aromatic rings. The summed E-state index contributed by atoms with van der Waals surface area (Å²) in [5.74, 6) is -1.44. The normalized spacial score (nSPS) is 11.9. The minimum Gasteiger partial charge on any atom is -0.478 e. The van der Waals surface area contributed by atoms with Crippen LogP contribution in [0.4, 0.5) is 5.69 Å². The number of carbonyl (C=O) groups is 2. The van der Waals surface area contributed by atoms with Crippen molar-refractivity contribution in [2.24, 2.45) is 5.73 Å². The SMILES string of the molecule is CCCC(N)C(=O)Nc1ccccc1C(=O)O. The Kier molecular flexibility index (Phi) is 4.66. The Morgan fingerprint density at radius 3 is 2.65 bits per heavy atom. The summed E-state index contributed by atoms with van der Waals surface area (Å²) >= 11 is 0. The molecule has 17 heavy (non-hydrogen) atoms. The van der Waals surface area contributed by atoms with Gasteiger partial charge in [-0.15, -0.1) is 0 Å². The fourth-order valence-electron chi connectivity index (χ4n) is 1.45. The standard InChI is InChI=1S/C12H16N2O3/c1-2-5-9(13)11(15)14-10-7-4-3-6-8(10)12(16)17/h3-4,6-7,9H,2,5,13H2,1H3,(H,14,15)(H,16,17). The van der Waals surface area contributed by atoms with E-state index in [9.17, 15) is 9.59 Å². The molecule has 0 saturated carbocycles. The average molecular weight is 236 g/mol. The lowest BCUT2D eigenvalue weighted by Crippen LogP contribution is -2.35. The average Bonchev–Trinajstić information content (AvgIpc) is 2.29. The molecule has 0 aromatic heterocycles. The third-order valence-electron chi connectivity index (χ3n) is 2.35. The molecule has 1 rings (SSSR count). The molecule has 0 spiro atoms. The zero-order valence-corrected chi connectivity index (χ0v) is 9.64. The monoisotopic (exact) mass is 236 g/mol. The Morgan fingerprint density at radius 1 is 1.41 bits per heavy atom. The zero-order chi connectivity index (χ0) is 12.8. The highest BCUT2D eigenvalue weighted by Gasteiger charge is 2.15. The maximum absolute atomic E-state index is 11.6. The molecule has 4 N–H and O–H groups in total. The van der Waals surface area contributed by atoms with Crippen LogP contribution in [0.5, 0.6) is 0 Å². The Labute approximate surface area is 99.6 Å². The third kappa shape index (κ3) is 3.57. The van der Waals surface area contributed by atoms with E-state index in [0.29, 0.717) is 6.42 Å². The molecule has 1 amide bonds. The van der Waals surface area contributed by atoms with Crippen LogP contribution in [0.3, 0.4) is 0 Å². The van der Waals surface area contributed by atoms with Gasteiger partial charge in [-0.3, -0.25) is 4.79 Å². The van der Waals surface area contributed by atoms with Gasteiger partial charge in [0.1, 0.15) is 0 Å². The smallest absolute Gasteiger partial charge is 0.337 e. The summed E-state index contributed by atoms with van der Waals surface area (Å²) in [5.41, 5.74) is 5.98. The highest BCUT2D eigenvalue weighted by molar-refractivity contribution is 6.02. The summed E-state index contributed by atoms with van der Waals surface area (Å²) in [6.07, 6.45) is 1.37. The zero-order valence-electron chi connectivity index (χ0n) is 9.64. The van der Waals surface area contributed by atoms with Crippen LogP contribution in [0, 0.1) is 0 Å². The van der Waals surface area contributed by atoms with Gasteiger partial charge in [-0.05, 0) is 18.6 Å². The van der Waals surface area contributed by atoms with Crippen LogP contribution in [0.25, 0.3) is 0 Å². The maximum atomic E-state index is 11.6. The van der Waals surface area contributed by atoms with Crippen LogP contribution in [0.1, 0.15) is 30.1 Å². The molecule has 0 aliphatic carbocycles. The number of benzene rings is 1. The molecular weight excluding hydrogens is 220 g/mol. The molecule has 1 atom stereocenters. The van der Waals surface area contributed by atoms with Crippen LogP contribution >= 0.6 is 0 Å². The van der Waals surface area contributed by atoms with Gasteiger partial charge in [-0.1, -0.05) is 25.5 Å². The predicted octanol–water partition coefficient (Wildman–Crippen LogP) is 1.45. The van der Waals surface area contributed by atoms with Crippen molar-refractivity contribution in [2.75, 3.05) is 5.32 Å². The van der Waals surface area contributed by atoms with Crippen molar-refractivity contribution in [2.45, 2.75) is 25.8 Å². The maximum Gasteiger partial charge on any atom is 0.337 e. The number of aromatic carboxylic acids is 1. The van der Waals surface area contributed by atoms with Gasteiger partial charge in [0, 0.05) is 0 Å². The second-order valence-corrected chi connectivity index (χ2v) is 3.74. The Bertz CT molecular complexity index is 418. The number of nitrogens with two attached hydrogens (primary N) is 1. The number of amides is 1. The number of rotatable bonds is 5. The Morgan fingerprint density at radius 2 is 2.06 bits per heavy atom. The summed E-state index contributed by atoms with van der Waals surface area (Å²) < 4.78 is 0. The van der Waals surface area contributed by atoms with Crippen molar-refractivity contribution >= 4 is 17.6 Å². The number of carboxylic acids is 1. The first-order valence-corrected chi connectivity index (χ1v) is 5.45. The lowest BCUT2D eigenvalue weighted by Gasteiger charge is -2.12. The van der Waals surface area contributed by atoms with Crippen LogP contribution < -0.4 is 11.1 Å². The molecule has 0 saturated heterocycles. The number of carbonyl (C=O) groups excluding carboxylic acids is 1. The second kappa shape index (κ2) is 6.00. The molecular formula is C12H16N2O3. The number of carboxylic acid groups (broad SMARTS) is 1. The fourth-order valence-corrected chi connectivity index (χ4v) is 1.45. The number of hydrogen-bond acceptors (Lipinski definition) is 3. The van der Waals surface area contributed by atoms with Gasteiger partial charge >= 0.3 is 5.97 Å². The van der Waals surface area contributed by atoms with Gasteiger partial charge in [0.05, 0.1) is 17.3 Å². The van der Waals surface area contributed by atoms with E-state index in [4.69, 9.17) is 10.8 Å². The van der Waals surface area contributed by atoms with Crippen molar-refractivity contribution in [3.8, 4) is 0 Å². The Balaban J connectivity index is 2.81. The molecule has 0 radical (unpaired) electrons. The highest BCUT2D eigenvalue weighted by atomic mass is 16.4. The van der Waals surface area contributed by atoms with Gasteiger partial charge in [0.25, 0.3) is 0 Å². The molecule has 5 heteroatoms. The molecule has 1 aromatic carbocycles. The number of nitrogens with one attached hydrogen (secondary N) is 1. The Hall–Kier alpha value is -1.88. The van der Waals surface area contributed by atoms with Gasteiger partial charge in [-0.25, -0.2) is 4.79 Å². The van der Waals surface area contributed by atoms with Crippen molar-refractivity contribution in [3.63, 3.8) is 0 Å². The van der Waals surface area contributed by atoms with Crippen LogP contribution in [0.2, 0.25) is 0 Å². The second-order valence-electron chi connectivity index (χ2n) is 3.74. The lowest BCUT2D eigenvalue weighted by molar-refractivity contribution is -0.117. The quantitative estimate of drug-likeness (QED) is 0.721. The van der Waals surface area contributed by atoms with Gasteiger partial charge in [-0.2, -0.15) is 0 Å². The number of para-hydroxylation sites is 1. The van der Waals surface area contributed by atoms with Gasteiger partial charge in [0.2, 0.25) is 5.91 Å². The number of hydrogen-bond donors (Lipinski definition) is 3. The summed E-state index contributed by atoms with van der Waals surface area (Å²) in [6.45, 7) is 1.93. The van der Waals surface area contributed by atoms with Crippen LogP contribution in [0.15, 0.2) is 24.3 Å².